The highest BCUT2D eigenvalue weighted by atomic mass is 35.5. The van der Waals surface area contributed by atoms with Crippen LogP contribution in [0.2, 0.25) is 0 Å². The number of halogens is 1. The van der Waals surface area contributed by atoms with Crippen LogP contribution in [0.3, 0.4) is 0 Å². The van der Waals surface area contributed by atoms with Gasteiger partial charge in [-0.3, -0.25) is 0 Å². The van der Waals surface area contributed by atoms with Gasteiger partial charge in [-0.25, -0.2) is 12.7 Å². The molecule has 0 bridgehead atoms. The Kier molecular flexibility index (Phi) is 4.75. The molecular formula is C12H25ClN2O2S. The van der Waals surface area contributed by atoms with Gasteiger partial charge in [0.15, 0.2) is 0 Å². The molecule has 3 unspecified atom stereocenters. The molecule has 2 aliphatic rings. The van der Waals surface area contributed by atoms with Gasteiger partial charge >= 0.3 is 0 Å². The maximum atomic E-state index is 12.3. The van der Waals surface area contributed by atoms with E-state index in [1.165, 1.54) is 0 Å². The van der Waals surface area contributed by atoms with Gasteiger partial charge in [0.25, 0.3) is 0 Å². The first kappa shape index (κ1) is 16.2. The molecule has 3 atom stereocenters. The number of sulfonamides is 1. The van der Waals surface area contributed by atoms with Crippen LogP contribution in [0.5, 0.6) is 0 Å². The second-order valence-electron chi connectivity index (χ2n) is 6.80. The second-order valence-corrected chi connectivity index (χ2v) is 8.77. The lowest BCUT2D eigenvalue weighted by Gasteiger charge is -2.24. The molecule has 2 rings (SSSR count). The van der Waals surface area contributed by atoms with Crippen LogP contribution in [-0.2, 0) is 10.0 Å². The van der Waals surface area contributed by atoms with E-state index in [-0.39, 0.29) is 29.6 Å². The van der Waals surface area contributed by atoms with Gasteiger partial charge in [-0.05, 0) is 30.1 Å². The van der Waals surface area contributed by atoms with Crippen LogP contribution < -0.4 is 5.73 Å². The van der Waals surface area contributed by atoms with E-state index in [1.807, 2.05) is 20.8 Å². The predicted molar refractivity (Wildman–Crippen MR) is 76.3 cm³/mol. The highest BCUT2D eigenvalue weighted by Crippen LogP contribution is 2.38. The minimum absolute atomic E-state index is 0. The van der Waals surface area contributed by atoms with E-state index in [1.54, 1.807) is 4.31 Å². The predicted octanol–water partition coefficient (Wildman–Crippen LogP) is 1.45. The lowest BCUT2D eigenvalue weighted by molar-refractivity contribution is 0.403. The summed E-state index contributed by atoms with van der Waals surface area (Å²) in [5, 5.41) is 0. The maximum absolute atomic E-state index is 12.3. The Morgan fingerprint density at radius 3 is 2.33 bits per heavy atom. The molecule has 1 saturated heterocycles. The fraction of sp³-hybridized carbons (Fsp3) is 1.00. The van der Waals surface area contributed by atoms with Crippen molar-refractivity contribution < 1.29 is 8.42 Å². The molecule has 0 spiro atoms. The van der Waals surface area contributed by atoms with E-state index in [4.69, 9.17) is 5.73 Å². The molecule has 108 valence electrons. The monoisotopic (exact) mass is 296 g/mol. The van der Waals surface area contributed by atoms with Crippen molar-refractivity contribution in [2.75, 3.05) is 18.8 Å². The van der Waals surface area contributed by atoms with Crippen molar-refractivity contribution in [2.24, 2.45) is 23.0 Å². The smallest absolute Gasteiger partial charge is 0.214 e. The van der Waals surface area contributed by atoms with Crippen molar-refractivity contribution in [2.45, 2.75) is 39.7 Å². The number of fused-ring (bicyclic) bond motifs is 1. The van der Waals surface area contributed by atoms with Crippen molar-refractivity contribution >= 4 is 22.4 Å². The first-order valence-corrected chi connectivity index (χ1v) is 8.03. The third-order valence-corrected chi connectivity index (χ3v) is 6.20. The Labute approximate surface area is 117 Å². The number of hydrogen-bond donors (Lipinski definition) is 1. The standard InChI is InChI=1S/C12H24N2O2S.ClH/c1-12(2,3)8-17(15,16)14-6-9-4-5-11(13)10(9)7-14;/h9-11H,4-8,13H2,1-3H3;1H. The van der Waals surface area contributed by atoms with E-state index < -0.39 is 10.0 Å². The summed E-state index contributed by atoms with van der Waals surface area (Å²) in [4.78, 5) is 0. The first-order valence-electron chi connectivity index (χ1n) is 6.42. The quantitative estimate of drug-likeness (QED) is 0.839. The average molecular weight is 297 g/mol. The van der Waals surface area contributed by atoms with Crippen LogP contribution in [-0.4, -0.2) is 37.6 Å². The lowest BCUT2D eigenvalue weighted by atomic mass is 9.98. The van der Waals surface area contributed by atoms with Gasteiger partial charge in [-0.1, -0.05) is 20.8 Å². The largest absolute Gasteiger partial charge is 0.327 e. The Hall–Kier alpha value is 0.160. The van der Waals surface area contributed by atoms with E-state index in [2.05, 4.69) is 0 Å². The zero-order valence-corrected chi connectivity index (χ0v) is 13.1. The fourth-order valence-corrected chi connectivity index (χ4v) is 5.23. The van der Waals surface area contributed by atoms with Crippen LogP contribution in [0.1, 0.15) is 33.6 Å². The SMILES string of the molecule is CC(C)(C)CS(=O)(=O)N1CC2CCC(N)C2C1.Cl. The minimum atomic E-state index is -3.11. The Balaban J connectivity index is 0.00000162. The van der Waals surface area contributed by atoms with Gasteiger partial charge in [0.1, 0.15) is 0 Å². The van der Waals surface area contributed by atoms with E-state index >= 15 is 0 Å². The number of rotatable bonds is 2. The highest BCUT2D eigenvalue weighted by Gasteiger charge is 2.45. The summed E-state index contributed by atoms with van der Waals surface area (Å²) < 4.78 is 26.2. The van der Waals surface area contributed by atoms with Gasteiger partial charge in [0.05, 0.1) is 5.75 Å². The first-order chi connectivity index (χ1) is 7.69. The van der Waals surface area contributed by atoms with Crippen LogP contribution >= 0.6 is 12.4 Å². The molecule has 2 fully saturated rings. The third kappa shape index (κ3) is 3.38. The van der Waals surface area contributed by atoms with E-state index in [9.17, 15) is 8.42 Å². The van der Waals surface area contributed by atoms with Crippen LogP contribution in [0.4, 0.5) is 0 Å². The topological polar surface area (TPSA) is 63.4 Å². The fourth-order valence-electron chi connectivity index (χ4n) is 3.13. The number of hydrogen-bond acceptors (Lipinski definition) is 3. The summed E-state index contributed by atoms with van der Waals surface area (Å²) >= 11 is 0. The molecule has 18 heavy (non-hydrogen) atoms. The molecule has 6 heteroatoms. The molecule has 1 aliphatic heterocycles. The van der Waals surface area contributed by atoms with Crippen molar-refractivity contribution in [1.29, 1.82) is 0 Å². The molecule has 4 nitrogen and oxygen atoms in total. The molecule has 0 amide bonds. The molecule has 0 radical (unpaired) electrons. The molecule has 1 heterocycles. The summed E-state index contributed by atoms with van der Waals surface area (Å²) in [6.07, 6.45) is 2.15. The molecule has 0 aromatic rings. The average Bonchev–Trinajstić information content (AvgIpc) is 2.64. The Morgan fingerprint density at radius 1 is 1.22 bits per heavy atom. The zero-order valence-electron chi connectivity index (χ0n) is 11.4. The summed E-state index contributed by atoms with van der Waals surface area (Å²) in [6, 6.07) is 0.204. The maximum Gasteiger partial charge on any atom is 0.214 e. The van der Waals surface area contributed by atoms with Crippen molar-refractivity contribution in [3.8, 4) is 0 Å². The molecule has 0 aromatic carbocycles. The zero-order chi connectivity index (χ0) is 12.8. The number of nitrogens with two attached hydrogens (primary N) is 1. The molecule has 0 aromatic heterocycles. The summed E-state index contributed by atoms with van der Waals surface area (Å²) in [5.74, 6) is 1.12. The third-order valence-electron chi connectivity index (χ3n) is 3.89. The Bertz CT molecular complexity index is 391. The van der Waals surface area contributed by atoms with Gasteiger partial charge in [0, 0.05) is 19.1 Å². The van der Waals surface area contributed by atoms with Crippen LogP contribution in [0.15, 0.2) is 0 Å². The van der Waals surface area contributed by atoms with Gasteiger partial charge in [-0.2, -0.15) is 0 Å². The minimum Gasteiger partial charge on any atom is -0.327 e. The van der Waals surface area contributed by atoms with Crippen molar-refractivity contribution in [3.05, 3.63) is 0 Å². The van der Waals surface area contributed by atoms with Gasteiger partial charge in [-0.15, -0.1) is 12.4 Å². The van der Waals surface area contributed by atoms with Crippen molar-refractivity contribution in [1.82, 2.24) is 4.31 Å². The number of nitrogens with zero attached hydrogens (tertiary/aromatic N) is 1. The second kappa shape index (κ2) is 5.27. The lowest BCUT2D eigenvalue weighted by Crippen LogP contribution is -2.37. The summed E-state index contributed by atoms with van der Waals surface area (Å²) in [6.45, 7) is 7.23. The van der Waals surface area contributed by atoms with E-state index in [0.717, 1.165) is 12.8 Å². The molecular weight excluding hydrogens is 272 g/mol. The summed E-state index contributed by atoms with van der Waals surface area (Å²) in [7, 11) is -3.11. The molecule has 1 saturated carbocycles. The highest BCUT2D eigenvalue weighted by molar-refractivity contribution is 7.89. The van der Waals surface area contributed by atoms with Gasteiger partial charge < -0.3 is 5.73 Å². The molecule has 2 N–H and O–H groups in total. The van der Waals surface area contributed by atoms with Crippen LogP contribution in [0, 0.1) is 17.3 Å². The normalized spacial score (nSPS) is 33.2. The molecule has 1 aliphatic carbocycles. The summed E-state index contributed by atoms with van der Waals surface area (Å²) in [5.41, 5.74) is 5.85. The van der Waals surface area contributed by atoms with E-state index in [0.29, 0.717) is 24.9 Å². The van der Waals surface area contributed by atoms with Crippen molar-refractivity contribution in [3.63, 3.8) is 0 Å². The van der Waals surface area contributed by atoms with Gasteiger partial charge in [0.2, 0.25) is 10.0 Å². The van der Waals surface area contributed by atoms with Crippen LogP contribution in [0.25, 0.3) is 0 Å². The Morgan fingerprint density at radius 2 is 1.83 bits per heavy atom.